The van der Waals surface area contributed by atoms with E-state index in [4.69, 9.17) is 0 Å². The summed E-state index contributed by atoms with van der Waals surface area (Å²) < 4.78 is 0. The highest BCUT2D eigenvalue weighted by atomic mass is 16.2. The molecule has 2 atom stereocenters. The van der Waals surface area contributed by atoms with Crippen molar-refractivity contribution in [2.45, 2.75) is 45.7 Å². The van der Waals surface area contributed by atoms with E-state index >= 15 is 0 Å². The summed E-state index contributed by atoms with van der Waals surface area (Å²) in [5, 5.41) is 0. The predicted molar refractivity (Wildman–Crippen MR) is 60.6 cm³/mol. The fourth-order valence-electron chi connectivity index (χ4n) is 2.75. The molecule has 3 heteroatoms. The second kappa shape index (κ2) is 3.48. The Hall–Kier alpha value is -0.570. The minimum absolute atomic E-state index is 0.227. The number of rotatable bonds is 0. The van der Waals surface area contributed by atoms with Crippen molar-refractivity contribution in [2.24, 2.45) is 5.41 Å². The molecule has 86 valence electrons. The van der Waals surface area contributed by atoms with E-state index in [0.717, 1.165) is 13.1 Å². The smallest absolute Gasteiger partial charge is 0.228 e. The van der Waals surface area contributed by atoms with E-state index in [1.807, 2.05) is 20.8 Å². The minimum atomic E-state index is -0.227. The summed E-state index contributed by atoms with van der Waals surface area (Å²) in [7, 11) is 2.20. The lowest BCUT2D eigenvalue weighted by atomic mass is 9.94. The van der Waals surface area contributed by atoms with Crippen molar-refractivity contribution in [3.8, 4) is 0 Å². The molecule has 15 heavy (non-hydrogen) atoms. The zero-order valence-corrected chi connectivity index (χ0v) is 10.3. The Kier molecular flexibility index (Phi) is 2.53. The molecule has 0 radical (unpaired) electrons. The van der Waals surface area contributed by atoms with Crippen LogP contribution >= 0.6 is 0 Å². The van der Waals surface area contributed by atoms with Crippen LogP contribution < -0.4 is 0 Å². The standard InChI is InChI=1S/C12H22N2O/c1-12(2,3)11(15)14-7-9-5-6-10(8-14)13(9)4/h9-10H,5-8H2,1-4H3. The van der Waals surface area contributed by atoms with E-state index in [1.165, 1.54) is 12.8 Å². The Balaban J connectivity index is 2.06. The molecule has 0 saturated carbocycles. The highest BCUT2D eigenvalue weighted by molar-refractivity contribution is 5.81. The van der Waals surface area contributed by atoms with Crippen LogP contribution in [0.25, 0.3) is 0 Å². The molecule has 2 fully saturated rings. The van der Waals surface area contributed by atoms with Gasteiger partial charge in [-0.2, -0.15) is 0 Å². The third-order valence-electron chi connectivity index (χ3n) is 3.78. The lowest BCUT2D eigenvalue weighted by molar-refractivity contribution is -0.142. The molecular formula is C12H22N2O. The van der Waals surface area contributed by atoms with Crippen molar-refractivity contribution >= 4 is 5.91 Å². The lowest BCUT2D eigenvalue weighted by Gasteiger charge is -2.41. The first-order valence-electron chi connectivity index (χ1n) is 5.91. The van der Waals surface area contributed by atoms with Crippen LogP contribution in [0.3, 0.4) is 0 Å². The number of carbonyl (C=O) groups excluding carboxylic acids is 1. The minimum Gasteiger partial charge on any atom is -0.339 e. The van der Waals surface area contributed by atoms with Crippen molar-refractivity contribution < 1.29 is 4.79 Å². The van der Waals surface area contributed by atoms with E-state index in [9.17, 15) is 4.79 Å². The van der Waals surface area contributed by atoms with Crippen molar-refractivity contribution in [1.29, 1.82) is 0 Å². The van der Waals surface area contributed by atoms with Crippen molar-refractivity contribution in [3.63, 3.8) is 0 Å². The van der Waals surface area contributed by atoms with Crippen molar-refractivity contribution in [1.82, 2.24) is 9.80 Å². The van der Waals surface area contributed by atoms with Crippen LogP contribution in [0.2, 0.25) is 0 Å². The van der Waals surface area contributed by atoms with Gasteiger partial charge in [0.15, 0.2) is 0 Å². The van der Waals surface area contributed by atoms with Gasteiger partial charge in [0, 0.05) is 30.6 Å². The van der Waals surface area contributed by atoms with Crippen LogP contribution in [0.15, 0.2) is 0 Å². The van der Waals surface area contributed by atoms with Gasteiger partial charge in [-0.05, 0) is 19.9 Å². The lowest BCUT2D eigenvalue weighted by Crippen LogP contribution is -2.55. The second-order valence-electron chi connectivity index (χ2n) is 6.01. The van der Waals surface area contributed by atoms with Gasteiger partial charge >= 0.3 is 0 Å². The molecule has 3 nitrogen and oxygen atoms in total. The van der Waals surface area contributed by atoms with Gasteiger partial charge in [-0.25, -0.2) is 0 Å². The highest BCUT2D eigenvalue weighted by Crippen LogP contribution is 2.30. The number of likely N-dealkylation sites (tertiary alicyclic amines) is 1. The fourth-order valence-corrected chi connectivity index (χ4v) is 2.75. The maximum absolute atomic E-state index is 12.2. The molecule has 2 bridgehead atoms. The number of likely N-dealkylation sites (N-methyl/N-ethyl adjacent to an activating group) is 1. The Morgan fingerprint density at radius 1 is 1.13 bits per heavy atom. The van der Waals surface area contributed by atoms with Gasteiger partial charge in [-0.1, -0.05) is 20.8 Å². The zero-order valence-electron chi connectivity index (χ0n) is 10.3. The summed E-state index contributed by atoms with van der Waals surface area (Å²) in [5.41, 5.74) is -0.227. The maximum atomic E-state index is 12.2. The summed E-state index contributed by atoms with van der Waals surface area (Å²) in [4.78, 5) is 16.7. The third-order valence-corrected chi connectivity index (χ3v) is 3.78. The Morgan fingerprint density at radius 2 is 1.60 bits per heavy atom. The molecule has 2 saturated heterocycles. The quantitative estimate of drug-likeness (QED) is 0.602. The Morgan fingerprint density at radius 3 is 2.00 bits per heavy atom. The van der Waals surface area contributed by atoms with Gasteiger partial charge in [0.1, 0.15) is 0 Å². The number of carbonyl (C=O) groups is 1. The van der Waals surface area contributed by atoms with Crippen LogP contribution in [-0.4, -0.2) is 47.9 Å². The molecule has 2 aliphatic heterocycles. The molecule has 0 spiro atoms. The summed E-state index contributed by atoms with van der Waals surface area (Å²) in [6.07, 6.45) is 2.52. The summed E-state index contributed by atoms with van der Waals surface area (Å²) in [5.74, 6) is 0.313. The van der Waals surface area contributed by atoms with Gasteiger partial charge in [0.2, 0.25) is 5.91 Å². The van der Waals surface area contributed by atoms with Crippen LogP contribution in [0.4, 0.5) is 0 Å². The molecule has 0 aromatic carbocycles. The van der Waals surface area contributed by atoms with E-state index in [-0.39, 0.29) is 5.41 Å². The molecule has 2 rings (SSSR count). The largest absolute Gasteiger partial charge is 0.339 e. The van der Waals surface area contributed by atoms with Gasteiger partial charge in [0.05, 0.1) is 0 Å². The molecule has 2 unspecified atom stereocenters. The molecule has 0 N–H and O–H groups in total. The van der Waals surface area contributed by atoms with Crippen molar-refractivity contribution in [3.05, 3.63) is 0 Å². The summed E-state index contributed by atoms with van der Waals surface area (Å²) in [6, 6.07) is 1.21. The van der Waals surface area contributed by atoms with E-state index in [2.05, 4.69) is 16.8 Å². The van der Waals surface area contributed by atoms with Gasteiger partial charge < -0.3 is 4.90 Å². The molecule has 0 aromatic heterocycles. The monoisotopic (exact) mass is 210 g/mol. The van der Waals surface area contributed by atoms with Crippen LogP contribution in [0.5, 0.6) is 0 Å². The van der Waals surface area contributed by atoms with Gasteiger partial charge in [-0.3, -0.25) is 9.69 Å². The van der Waals surface area contributed by atoms with Crippen LogP contribution in [-0.2, 0) is 4.79 Å². The predicted octanol–water partition coefficient (Wildman–Crippen LogP) is 1.34. The Labute approximate surface area is 92.4 Å². The zero-order chi connectivity index (χ0) is 11.2. The topological polar surface area (TPSA) is 23.6 Å². The van der Waals surface area contributed by atoms with E-state index in [1.54, 1.807) is 0 Å². The molecule has 2 aliphatic rings. The van der Waals surface area contributed by atoms with E-state index in [0.29, 0.717) is 18.0 Å². The summed E-state index contributed by atoms with van der Waals surface area (Å²) >= 11 is 0. The average Bonchev–Trinajstić information content (AvgIpc) is 2.40. The number of hydrogen-bond donors (Lipinski definition) is 0. The third kappa shape index (κ3) is 1.89. The summed E-state index contributed by atoms with van der Waals surface area (Å²) in [6.45, 7) is 7.90. The van der Waals surface area contributed by atoms with Crippen LogP contribution in [0.1, 0.15) is 33.6 Å². The average molecular weight is 210 g/mol. The molecule has 1 amide bonds. The number of amides is 1. The molecular weight excluding hydrogens is 188 g/mol. The highest BCUT2D eigenvalue weighted by Gasteiger charge is 2.41. The van der Waals surface area contributed by atoms with Gasteiger partial charge in [0.25, 0.3) is 0 Å². The van der Waals surface area contributed by atoms with Crippen LogP contribution in [0, 0.1) is 5.41 Å². The first kappa shape index (κ1) is 10.9. The first-order valence-corrected chi connectivity index (χ1v) is 5.91. The number of piperazine rings is 1. The number of hydrogen-bond acceptors (Lipinski definition) is 2. The normalized spacial score (nSPS) is 32.1. The number of nitrogens with zero attached hydrogens (tertiary/aromatic N) is 2. The van der Waals surface area contributed by atoms with Crippen molar-refractivity contribution in [2.75, 3.05) is 20.1 Å². The van der Waals surface area contributed by atoms with E-state index < -0.39 is 0 Å². The fraction of sp³-hybridized carbons (Fsp3) is 0.917. The van der Waals surface area contributed by atoms with Gasteiger partial charge in [-0.15, -0.1) is 0 Å². The Bertz CT molecular complexity index is 255. The molecule has 0 aromatic rings. The second-order valence-corrected chi connectivity index (χ2v) is 6.01. The molecule has 0 aliphatic carbocycles. The first-order chi connectivity index (χ1) is 6.89. The SMILES string of the molecule is CN1C2CCC1CN(C(=O)C(C)(C)C)C2. The molecule has 2 heterocycles. The number of fused-ring (bicyclic) bond motifs is 2. The maximum Gasteiger partial charge on any atom is 0.228 e.